The minimum Gasteiger partial charge on any atom is -0.342 e. The molecule has 1 aliphatic carbocycles. The molecule has 1 saturated carbocycles. The number of rotatable bonds is 1. The zero-order valence-corrected chi connectivity index (χ0v) is 12.4. The number of nitrogens with zero attached hydrogens (tertiary/aromatic N) is 1. The Morgan fingerprint density at radius 2 is 1.80 bits per heavy atom. The van der Waals surface area contributed by atoms with E-state index in [0.717, 1.165) is 38.3 Å². The van der Waals surface area contributed by atoms with Crippen LogP contribution in [0.2, 0.25) is 0 Å². The van der Waals surface area contributed by atoms with Crippen LogP contribution in [0.1, 0.15) is 33.1 Å². The molecule has 15 heavy (non-hydrogen) atoms. The van der Waals surface area contributed by atoms with E-state index in [-0.39, 0.29) is 8.65 Å². The van der Waals surface area contributed by atoms with E-state index in [9.17, 15) is 4.79 Å². The quantitative estimate of drug-likeness (QED) is 0.672. The van der Waals surface area contributed by atoms with Crippen LogP contribution in [-0.2, 0) is 4.79 Å². The normalized spacial score (nSPS) is 35.3. The maximum Gasteiger partial charge on any atom is 0.230 e. The maximum atomic E-state index is 12.3. The van der Waals surface area contributed by atoms with E-state index in [1.807, 2.05) is 11.8 Å². The molecule has 0 bridgehead atoms. The monoisotopic (exact) mass is 337 g/mol. The fourth-order valence-electron chi connectivity index (χ4n) is 2.19. The second kappa shape index (κ2) is 3.73. The van der Waals surface area contributed by atoms with Gasteiger partial charge >= 0.3 is 0 Å². The molecule has 1 amide bonds. The predicted molar refractivity (Wildman–Crippen MR) is 68.3 cm³/mol. The number of hydrogen-bond donors (Lipinski definition) is 0. The molecule has 4 heteroatoms. The number of halogens is 2. The number of amides is 1. The summed E-state index contributed by atoms with van der Waals surface area (Å²) in [6.07, 6.45) is 3.20. The molecule has 1 unspecified atom stereocenters. The minimum atomic E-state index is -0.229. The molecule has 0 N–H and O–H groups in total. The van der Waals surface area contributed by atoms with Gasteiger partial charge in [-0.1, -0.05) is 38.8 Å². The third-order valence-corrected chi connectivity index (χ3v) is 6.11. The lowest BCUT2D eigenvalue weighted by Crippen LogP contribution is -2.42. The van der Waals surface area contributed by atoms with Crippen LogP contribution >= 0.6 is 31.9 Å². The van der Waals surface area contributed by atoms with Crippen molar-refractivity contribution >= 4 is 37.8 Å². The van der Waals surface area contributed by atoms with E-state index in [1.165, 1.54) is 0 Å². The fourth-order valence-corrected chi connectivity index (χ4v) is 3.65. The van der Waals surface area contributed by atoms with Crippen molar-refractivity contribution in [1.29, 1.82) is 0 Å². The van der Waals surface area contributed by atoms with Crippen molar-refractivity contribution in [3.05, 3.63) is 0 Å². The van der Waals surface area contributed by atoms with Gasteiger partial charge in [-0.3, -0.25) is 4.79 Å². The van der Waals surface area contributed by atoms with Crippen molar-refractivity contribution < 1.29 is 4.79 Å². The van der Waals surface area contributed by atoms with Crippen molar-refractivity contribution in [3.8, 4) is 0 Å². The van der Waals surface area contributed by atoms with Crippen LogP contribution in [0.4, 0.5) is 0 Å². The third-order valence-electron chi connectivity index (χ3n) is 3.80. The van der Waals surface area contributed by atoms with E-state index in [0.29, 0.717) is 5.91 Å². The smallest absolute Gasteiger partial charge is 0.230 e. The molecule has 2 aliphatic rings. The largest absolute Gasteiger partial charge is 0.342 e. The summed E-state index contributed by atoms with van der Waals surface area (Å²) in [7, 11) is 0. The zero-order valence-electron chi connectivity index (χ0n) is 9.22. The molecule has 0 aromatic heterocycles. The number of alkyl halides is 2. The van der Waals surface area contributed by atoms with Gasteiger partial charge in [-0.25, -0.2) is 0 Å². The highest BCUT2D eigenvalue weighted by Crippen LogP contribution is 2.67. The fraction of sp³-hybridized carbons (Fsp3) is 0.909. The molecule has 1 atom stereocenters. The summed E-state index contributed by atoms with van der Waals surface area (Å²) < 4.78 is -0.146. The average molecular weight is 339 g/mol. The van der Waals surface area contributed by atoms with Crippen LogP contribution in [0, 0.1) is 11.3 Å². The van der Waals surface area contributed by atoms with Crippen molar-refractivity contribution in [2.75, 3.05) is 13.1 Å². The van der Waals surface area contributed by atoms with Gasteiger partial charge in [-0.2, -0.15) is 0 Å². The standard InChI is InChI=1S/C11H17Br2NO/c1-8-3-5-14(6-4-8)9(15)10(2)7-11(10,12)13/h8H,3-7H2,1-2H3. The first-order valence-corrected chi connectivity index (χ1v) is 7.13. The summed E-state index contributed by atoms with van der Waals surface area (Å²) in [5.41, 5.74) is -0.229. The molecular formula is C11H17Br2NO. The van der Waals surface area contributed by atoms with Gasteiger partial charge in [-0.15, -0.1) is 0 Å². The topological polar surface area (TPSA) is 20.3 Å². The Morgan fingerprint density at radius 3 is 2.20 bits per heavy atom. The summed E-state index contributed by atoms with van der Waals surface area (Å²) >= 11 is 7.11. The first-order chi connectivity index (χ1) is 6.87. The lowest BCUT2D eigenvalue weighted by Gasteiger charge is -2.32. The molecule has 0 spiro atoms. The van der Waals surface area contributed by atoms with Crippen molar-refractivity contribution in [2.24, 2.45) is 11.3 Å². The van der Waals surface area contributed by atoms with E-state index in [1.54, 1.807) is 0 Å². The zero-order chi connectivity index (χ0) is 11.3. The van der Waals surface area contributed by atoms with Crippen molar-refractivity contribution in [3.63, 3.8) is 0 Å². The first-order valence-electron chi connectivity index (χ1n) is 5.54. The second-order valence-electron chi connectivity index (χ2n) is 5.19. The van der Waals surface area contributed by atoms with Crippen LogP contribution in [0.5, 0.6) is 0 Å². The number of carbonyl (C=O) groups is 1. The molecule has 1 heterocycles. The van der Waals surface area contributed by atoms with Gasteiger partial charge in [0.25, 0.3) is 0 Å². The molecule has 0 aromatic rings. The molecular weight excluding hydrogens is 322 g/mol. The molecule has 0 aromatic carbocycles. The van der Waals surface area contributed by atoms with Gasteiger partial charge in [0.05, 0.1) is 8.65 Å². The van der Waals surface area contributed by atoms with Gasteiger partial charge in [0.1, 0.15) is 0 Å². The highest BCUT2D eigenvalue weighted by Gasteiger charge is 2.67. The Hall–Kier alpha value is 0.430. The van der Waals surface area contributed by atoms with Crippen molar-refractivity contribution in [1.82, 2.24) is 4.90 Å². The predicted octanol–water partition coefficient (Wildman–Crippen LogP) is 3.14. The summed E-state index contributed by atoms with van der Waals surface area (Å²) in [5.74, 6) is 1.09. The Balaban J connectivity index is 1.98. The average Bonchev–Trinajstić information content (AvgIpc) is 2.67. The SMILES string of the molecule is CC1CCN(C(=O)C2(C)CC2(Br)Br)CC1. The van der Waals surface area contributed by atoms with Gasteiger partial charge in [0.15, 0.2) is 0 Å². The van der Waals surface area contributed by atoms with Gasteiger partial charge in [0.2, 0.25) is 5.91 Å². The highest BCUT2D eigenvalue weighted by atomic mass is 79.9. The second-order valence-corrected chi connectivity index (χ2v) is 8.96. The number of likely N-dealkylation sites (tertiary alicyclic amines) is 1. The van der Waals surface area contributed by atoms with E-state index >= 15 is 0 Å². The highest BCUT2D eigenvalue weighted by molar-refractivity contribution is 9.25. The summed E-state index contributed by atoms with van der Waals surface area (Å²) in [5, 5.41) is 0. The van der Waals surface area contributed by atoms with Gasteiger partial charge < -0.3 is 4.90 Å². The molecule has 2 nitrogen and oxygen atoms in total. The first kappa shape index (κ1) is 11.9. The molecule has 2 fully saturated rings. The Bertz CT molecular complexity index is 284. The van der Waals surface area contributed by atoms with Crippen LogP contribution in [0.15, 0.2) is 0 Å². The van der Waals surface area contributed by atoms with Crippen LogP contribution in [-0.4, -0.2) is 27.1 Å². The lowest BCUT2D eigenvalue weighted by molar-refractivity contribution is -0.137. The van der Waals surface area contributed by atoms with Crippen LogP contribution < -0.4 is 0 Å². The summed E-state index contributed by atoms with van der Waals surface area (Å²) in [6.45, 7) is 6.17. The maximum absolute atomic E-state index is 12.3. The minimum absolute atomic E-state index is 0.146. The Kier molecular flexibility index (Phi) is 2.96. The molecule has 1 saturated heterocycles. The van der Waals surface area contributed by atoms with E-state index in [2.05, 4.69) is 38.8 Å². The number of piperidine rings is 1. The van der Waals surface area contributed by atoms with Crippen molar-refractivity contribution in [2.45, 2.75) is 36.3 Å². The molecule has 86 valence electrons. The molecule has 0 radical (unpaired) electrons. The van der Waals surface area contributed by atoms with E-state index < -0.39 is 0 Å². The van der Waals surface area contributed by atoms with Gasteiger partial charge in [0, 0.05) is 13.1 Å². The van der Waals surface area contributed by atoms with Crippen LogP contribution in [0.25, 0.3) is 0 Å². The van der Waals surface area contributed by atoms with Gasteiger partial charge in [-0.05, 0) is 32.1 Å². The Labute approximate surface area is 108 Å². The lowest BCUT2D eigenvalue weighted by atomic mass is 9.97. The number of carbonyl (C=O) groups excluding carboxylic acids is 1. The molecule has 1 aliphatic heterocycles. The molecule has 2 rings (SSSR count). The third kappa shape index (κ3) is 1.99. The summed E-state index contributed by atoms with van der Waals surface area (Å²) in [4.78, 5) is 14.3. The Morgan fingerprint density at radius 1 is 1.33 bits per heavy atom. The van der Waals surface area contributed by atoms with E-state index in [4.69, 9.17) is 0 Å². The summed E-state index contributed by atoms with van der Waals surface area (Å²) in [6, 6.07) is 0. The van der Waals surface area contributed by atoms with Crippen LogP contribution in [0.3, 0.4) is 0 Å². The number of hydrogen-bond acceptors (Lipinski definition) is 1.